The van der Waals surface area contributed by atoms with E-state index in [4.69, 9.17) is 23.7 Å². The van der Waals surface area contributed by atoms with E-state index in [1.165, 1.54) is 7.11 Å². The highest BCUT2D eigenvalue weighted by molar-refractivity contribution is 5.94. The van der Waals surface area contributed by atoms with Gasteiger partial charge >= 0.3 is 5.97 Å². The molecule has 1 aromatic rings. The third-order valence-corrected chi connectivity index (χ3v) is 2.96. The molecule has 0 aliphatic carbocycles. The number of hydrogen-bond donors (Lipinski definition) is 0. The van der Waals surface area contributed by atoms with Crippen molar-refractivity contribution in [1.29, 1.82) is 0 Å². The van der Waals surface area contributed by atoms with Gasteiger partial charge in [0.1, 0.15) is 18.3 Å². The van der Waals surface area contributed by atoms with Crippen molar-refractivity contribution in [2.24, 2.45) is 0 Å². The second-order valence-corrected chi connectivity index (χ2v) is 4.64. The van der Waals surface area contributed by atoms with Crippen LogP contribution in [0.1, 0.15) is 31.1 Å². The predicted octanol–water partition coefficient (Wildman–Crippen LogP) is 2.39. The van der Waals surface area contributed by atoms with Crippen molar-refractivity contribution in [2.45, 2.75) is 33.2 Å². The molecule has 6 heteroatoms. The summed E-state index contributed by atoms with van der Waals surface area (Å²) in [5.41, 5.74) is 0.316. The Bertz CT molecular complexity index is 513. The second-order valence-electron chi connectivity index (χ2n) is 4.64. The number of hydrogen-bond acceptors (Lipinski definition) is 6. The summed E-state index contributed by atoms with van der Waals surface area (Å²) in [5.74, 6) is 0.753. The number of rotatable bonds is 5. The van der Waals surface area contributed by atoms with E-state index in [2.05, 4.69) is 0 Å². The maximum Gasteiger partial charge on any atom is 0.341 e. The van der Waals surface area contributed by atoms with E-state index >= 15 is 0 Å². The molecule has 0 N–H and O–H groups in total. The maximum atomic E-state index is 11.8. The number of methoxy groups -OCH3 is 1. The molecule has 0 amide bonds. The van der Waals surface area contributed by atoms with Gasteiger partial charge < -0.3 is 23.7 Å². The maximum absolute atomic E-state index is 11.8. The van der Waals surface area contributed by atoms with Crippen molar-refractivity contribution in [3.8, 4) is 17.2 Å². The molecule has 0 aromatic heterocycles. The summed E-state index contributed by atoms with van der Waals surface area (Å²) in [6, 6.07) is 3.25. The van der Waals surface area contributed by atoms with Crippen LogP contribution in [0.2, 0.25) is 0 Å². The Kier molecular flexibility index (Phi) is 4.90. The first-order valence-corrected chi connectivity index (χ1v) is 6.89. The van der Waals surface area contributed by atoms with E-state index in [0.29, 0.717) is 36.0 Å². The molecule has 0 bridgehead atoms. The average Bonchev–Trinajstić information content (AvgIpc) is 2.47. The van der Waals surface area contributed by atoms with Crippen molar-refractivity contribution in [3.05, 3.63) is 17.7 Å². The Morgan fingerprint density at radius 3 is 2.86 bits per heavy atom. The van der Waals surface area contributed by atoms with Gasteiger partial charge in [0.25, 0.3) is 0 Å². The summed E-state index contributed by atoms with van der Waals surface area (Å²) in [7, 11) is 1.32. The van der Waals surface area contributed by atoms with Crippen LogP contribution < -0.4 is 14.2 Å². The highest BCUT2D eigenvalue weighted by Crippen LogP contribution is 2.43. The average molecular weight is 296 g/mol. The molecule has 1 aromatic carbocycles. The molecule has 2 atom stereocenters. The number of carbonyl (C=O) groups excluding carboxylic acids is 1. The largest absolute Gasteiger partial charge is 0.485 e. The van der Waals surface area contributed by atoms with E-state index in [-0.39, 0.29) is 6.10 Å². The molecule has 1 heterocycles. The Balaban J connectivity index is 2.36. The Hall–Kier alpha value is -1.95. The third-order valence-electron chi connectivity index (χ3n) is 2.96. The standard InChI is InChI=1S/C15H20O6/c1-5-18-10(3)21-12-7-6-11(15(16)17-4)13-14(12)20-9(2)8-19-13/h6-7,9-10H,5,8H2,1-4H3. The summed E-state index contributed by atoms with van der Waals surface area (Å²) in [4.78, 5) is 11.8. The van der Waals surface area contributed by atoms with Gasteiger partial charge in [0, 0.05) is 6.61 Å². The van der Waals surface area contributed by atoms with Crippen LogP contribution in [0.15, 0.2) is 12.1 Å². The van der Waals surface area contributed by atoms with Gasteiger partial charge in [-0.15, -0.1) is 0 Å². The van der Waals surface area contributed by atoms with Crippen molar-refractivity contribution in [3.63, 3.8) is 0 Å². The zero-order valence-corrected chi connectivity index (χ0v) is 12.7. The van der Waals surface area contributed by atoms with E-state index in [1.54, 1.807) is 19.1 Å². The van der Waals surface area contributed by atoms with Crippen LogP contribution in [-0.2, 0) is 9.47 Å². The normalized spacial score (nSPS) is 18.0. The number of ether oxygens (including phenoxy) is 5. The van der Waals surface area contributed by atoms with Crippen LogP contribution in [0.3, 0.4) is 0 Å². The molecule has 2 rings (SSSR count). The van der Waals surface area contributed by atoms with Crippen LogP contribution in [-0.4, -0.2) is 38.7 Å². The SMILES string of the molecule is CCOC(C)Oc1ccc(C(=O)OC)c2c1OC(C)CO2. The van der Waals surface area contributed by atoms with Gasteiger partial charge in [-0.3, -0.25) is 0 Å². The molecule has 0 saturated heterocycles. The van der Waals surface area contributed by atoms with Gasteiger partial charge in [-0.1, -0.05) is 0 Å². The highest BCUT2D eigenvalue weighted by atomic mass is 16.7. The number of fused-ring (bicyclic) bond motifs is 1. The number of benzene rings is 1. The van der Waals surface area contributed by atoms with Crippen molar-refractivity contribution in [2.75, 3.05) is 20.3 Å². The fourth-order valence-electron chi connectivity index (χ4n) is 2.05. The van der Waals surface area contributed by atoms with Crippen LogP contribution in [0.5, 0.6) is 17.2 Å². The molecule has 1 aliphatic heterocycles. The molecule has 0 saturated carbocycles. The first-order chi connectivity index (χ1) is 10.1. The van der Waals surface area contributed by atoms with Gasteiger partial charge in [-0.25, -0.2) is 4.79 Å². The Morgan fingerprint density at radius 1 is 1.43 bits per heavy atom. The van der Waals surface area contributed by atoms with E-state index in [9.17, 15) is 4.79 Å². The molecular formula is C15H20O6. The molecule has 1 aliphatic rings. The molecule has 21 heavy (non-hydrogen) atoms. The summed E-state index contributed by atoms with van der Waals surface area (Å²) < 4.78 is 27.2. The Labute approximate surface area is 123 Å². The van der Waals surface area contributed by atoms with Crippen LogP contribution in [0.25, 0.3) is 0 Å². The van der Waals surface area contributed by atoms with E-state index in [0.717, 1.165) is 0 Å². The van der Waals surface area contributed by atoms with E-state index in [1.807, 2.05) is 13.8 Å². The van der Waals surface area contributed by atoms with Crippen LogP contribution in [0.4, 0.5) is 0 Å². The topological polar surface area (TPSA) is 63.2 Å². The molecular weight excluding hydrogens is 276 g/mol. The zero-order valence-electron chi connectivity index (χ0n) is 12.7. The third kappa shape index (κ3) is 3.39. The van der Waals surface area contributed by atoms with Crippen molar-refractivity contribution < 1.29 is 28.5 Å². The summed E-state index contributed by atoms with van der Waals surface area (Å²) in [5, 5.41) is 0. The quantitative estimate of drug-likeness (QED) is 0.614. The number of carbonyl (C=O) groups is 1. The van der Waals surface area contributed by atoms with Gasteiger partial charge in [0.2, 0.25) is 5.75 Å². The Morgan fingerprint density at radius 2 is 2.19 bits per heavy atom. The van der Waals surface area contributed by atoms with E-state index < -0.39 is 12.3 Å². The van der Waals surface area contributed by atoms with Crippen LogP contribution in [0, 0.1) is 0 Å². The lowest BCUT2D eigenvalue weighted by molar-refractivity contribution is -0.0638. The molecule has 116 valence electrons. The van der Waals surface area contributed by atoms with Gasteiger partial charge in [0.15, 0.2) is 17.8 Å². The minimum Gasteiger partial charge on any atom is -0.485 e. The molecule has 0 fully saturated rings. The fraction of sp³-hybridized carbons (Fsp3) is 0.533. The van der Waals surface area contributed by atoms with Gasteiger partial charge in [0.05, 0.1) is 7.11 Å². The minimum atomic E-state index is -0.478. The first-order valence-electron chi connectivity index (χ1n) is 6.89. The molecule has 2 unspecified atom stereocenters. The first kappa shape index (κ1) is 15.4. The zero-order chi connectivity index (χ0) is 15.4. The fourth-order valence-corrected chi connectivity index (χ4v) is 2.05. The lowest BCUT2D eigenvalue weighted by Crippen LogP contribution is -2.28. The molecule has 0 spiro atoms. The molecule has 6 nitrogen and oxygen atoms in total. The van der Waals surface area contributed by atoms with Crippen molar-refractivity contribution >= 4 is 5.97 Å². The highest BCUT2D eigenvalue weighted by Gasteiger charge is 2.28. The number of esters is 1. The lowest BCUT2D eigenvalue weighted by Gasteiger charge is -2.27. The van der Waals surface area contributed by atoms with Crippen LogP contribution >= 0.6 is 0 Å². The molecule has 0 radical (unpaired) electrons. The van der Waals surface area contributed by atoms with Gasteiger partial charge in [-0.2, -0.15) is 0 Å². The van der Waals surface area contributed by atoms with Gasteiger partial charge in [-0.05, 0) is 32.9 Å². The summed E-state index contributed by atoms with van der Waals surface area (Å²) in [6.45, 7) is 6.46. The smallest absolute Gasteiger partial charge is 0.341 e. The lowest BCUT2D eigenvalue weighted by atomic mass is 10.1. The second kappa shape index (κ2) is 6.67. The minimum absolute atomic E-state index is 0.129. The van der Waals surface area contributed by atoms with Crippen molar-refractivity contribution in [1.82, 2.24) is 0 Å². The summed E-state index contributed by atoms with van der Waals surface area (Å²) in [6.07, 6.45) is -0.556. The predicted molar refractivity (Wildman–Crippen MR) is 75.1 cm³/mol. The monoisotopic (exact) mass is 296 g/mol. The summed E-state index contributed by atoms with van der Waals surface area (Å²) >= 11 is 0.